The molecule has 0 aliphatic rings. The van der Waals surface area contributed by atoms with Crippen LogP contribution < -0.4 is 0 Å². The first-order valence-electron chi connectivity index (χ1n) is 9.54. The second-order valence-corrected chi connectivity index (χ2v) is 6.15. The molecule has 0 amide bonds. The van der Waals surface area contributed by atoms with Gasteiger partial charge in [0, 0.05) is 12.8 Å². The first-order chi connectivity index (χ1) is 11.8. The van der Waals surface area contributed by atoms with Crippen LogP contribution in [-0.2, 0) is 9.59 Å². The Morgan fingerprint density at radius 1 is 0.720 bits per heavy atom. The second kappa shape index (κ2) is 25.1. The van der Waals surface area contributed by atoms with Gasteiger partial charge in [-0.15, -0.1) is 0 Å². The lowest BCUT2D eigenvalue weighted by atomic mass is 10.1. The van der Waals surface area contributed by atoms with E-state index in [9.17, 15) is 9.59 Å². The van der Waals surface area contributed by atoms with E-state index in [1.54, 1.807) is 0 Å². The molecule has 0 saturated heterocycles. The molecule has 0 rings (SSSR count). The van der Waals surface area contributed by atoms with E-state index in [-0.39, 0.29) is 6.61 Å². The molecular weight excluding hydrogens is 324 g/mol. The molecule has 6 nitrogen and oxygen atoms in total. The third kappa shape index (κ3) is 45.0. The number of rotatable bonds is 13. The lowest BCUT2D eigenvalue weighted by molar-refractivity contribution is -0.138. The molecular formula is C19H40O6. The molecule has 4 N–H and O–H groups in total. The summed E-state index contributed by atoms with van der Waals surface area (Å²) in [6.07, 6.45) is 11.2. The summed E-state index contributed by atoms with van der Waals surface area (Å²) >= 11 is 0. The minimum atomic E-state index is -0.670. The van der Waals surface area contributed by atoms with Crippen LogP contribution >= 0.6 is 0 Å². The first-order valence-corrected chi connectivity index (χ1v) is 9.54. The van der Waals surface area contributed by atoms with Crippen LogP contribution in [0.2, 0.25) is 0 Å². The van der Waals surface area contributed by atoms with Gasteiger partial charge < -0.3 is 20.4 Å². The lowest BCUT2D eigenvalue weighted by Gasteiger charge is -1.95. The van der Waals surface area contributed by atoms with Crippen LogP contribution in [0.25, 0.3) is 0 Å². The van der Waals surface area contributed by atoms with Gasteiger partial charge in [-0.25, -0.2) is 0 Å². The highest BCUT2D eigenvalue weighted by Gasteiger charge is 1.95. The summed E-state index contributed by atoms with van der Waals surface area (Å²) in [5.74, 6) is -1.34. The highest BCUT2D eigenvalue weighted by Crippen LogP contribution is 2.04. The Balaban J connectivity index is -0.000000308. The predicted octanol–water partition coefficient (Wildman–Crippen LogP) is 4.22. The van der Waals surface area contributed by atoms with Crippen LogP contribution in [0.4, 0.5) is 0 Å². The Kier molecular flexibility index (Phi) is 28.8. The summed E-state index contributed by atoms with van der Waals surface area (Å²) in [5.41, 5.74) is 0. The molecule has 1 unspecified atom stereocenters. The molecule has 0 spiro atoms. The van der Waals surface area contributed by atoms with Gasteiger partial charge >= 0.3 is 11.9 Å². The number of carboxylic acid groups (broad SMARTS) is 2. The van der Waals surface area contributed by atoms with E-state index in [0.29, 0.717) is 12.8 Å². The van der Waals surface area contributed by atoms with E-state index in [1.807, 2.05) is 0 Å². The second-order valence-electron chi connectivity index (χ2n) is 6.15. The monoisotopic (exact) mass is 364 g/mol. The fourth-order valence-electron chi connectivity index (χ4n) is 1.76. The van der Waals surface area contributed by atoms with Crippen LogP contribution in [0.5, 0.6) is 0 Å². The van der Waals surface area contributed by atoms with Crippen LogP contribution in [0.3, 0.4) is 0 Å². The Labute approximate surface area is 153 Å². The van der Waals surface area contributed by atoms with Crippen molar-refractivity contribution in [1.82, 2.24) is 0 Å². The Morgan fingerprint density at radius 3 is 1.20 bits per heavy atom. The molecule has 0 aliphatic carbocycles. The van der Waals surface area contributed by atoms with Crippen molar-refractivity contribution in [3.05, 3.63) is 0 Å². The van der Waals surface area contributed by atoms with Crippen LogP contribution in [0.1, 0.15) is 97.8 Å². The zero-order valence-electron chi connectivity index (χ0n) is 16.4. The predicted molar refractivity (Wildman–Crippen MR) is 101 cm³/mol. The molecule has 152 valence electrons. The number of aliphatic hydroxyl groups excluding tert-OH is 2. The molecule has 25 heavy (non-hydrogen) atoms. The zero-order chi connectivity index (χ0) is 19.9. The Morgan fingerprint density at radius 2 is 1.00 bits per heavy atom. The molecule has 6 heteroatoms. The van der Waals surface area contributed by atoms with Crippen molar-refractivity contribution >= 4 is 11.9 Å². The van der Waals surface area contributed by atoms with Gasteiger partial charge in [0.2, 0.25) is 0 Å². The minimum absolute atomic E-state index is 0.139. The number of aliphatic hydroxyl groups is 2. The molecule has 0 heterocycles. The molecule has 0 aromatic rings. The average molecular weight is 365 g/mol. The molecule has 0 aromatic heterocycles. The molecule has 0 saturated carbocycles. The standard InChI is InChI=1S/2C8H16O2.C3H8O2/c2*1-2-3-4-5-6-7-8(9)10;1-3(5)2-4/h2*2-7H2,1H3,(H,9,10);3-5H,2H2,1H3. The molecule has 0 aliphatic heterocycles. The summed E-state index contributed by atoms with van der Waals surface area (Å²) in [5, 5.41) is 32.5. The van der Waals surface area contributed by atoms with E-state index in [4.69, 9.17) is 20.4 Å². The number of hydrogen-bond acceptors (Lipinski definition) is 4. The topological polar surface area (TPSA) is 115 Å². The SMILES string of the molecule is CC(O)CO.CCCCCCCC(=O)O.CCCCCCCC(=O)O. The maximum atomic E-state index is 10.0. The van der Waals surface area contributed by atoms with Crippen molar-refractivity contribution in [2.45, 2.75) is 104 Å². The molecule has 0 radical (unpaired) electrons. The Bertz CT molecular complexity index is 255. The van der Waals surface area contributed by atoms with Crippen LogP contribution in [0, 0.1) is 0 Å². The van der Waals surface area contributed by atoms with Gasteiger partial charge in [0.25, 0.3) is 0 Å². The number of carbonyl (C=O) groups is 2. The van der Waals surface area contributed by atoms with E-state index in [1.165, 1.54) is 45.4 Å². The van der Waals surface area contributed by atoms with Crippen molar-refractivity contribution in [3.63, 3.8) is 0 Å². The zero-order valence-corrected chi connectivity index (χ0v) is 16.4. The number of carboxylic acids is 2. The summed E-state index contributed by atoms with van der Waals surface area (Å²) in [7, 11) is 0. The maximum Gasteiger partial charge on any atom is 0.303 e. The van der Waals surface area contributed by atoms with Gasteiger partial charge in [-0.05, 0) is 19.8 Å². The normalized spacial score (nSPS) is 10.8. The fraction of sp³-hybridized carbons (Fsp3) is 0.895. The average Bonchev–Trinajstić information content (AvgIpc) is 2.55. The van der Waals surface area contributed by atoms with Crippen molar-refractivity contribution in [3.8, 4) is 0 Å². The van der Waals surface area contributed by atoms with Gasteiger partial charge in [0.15, 0.2) is 0 Å². The van der Waals surface area contributed by atoms with Crippen LogP contribution in [0.15, 0.2) is 0 Å². The van der Waals surface area contributed by atoms with Crippen molar-refractivity contribution in [1.29, 1.82) is 0 Å². The quantitative estimate of drug-likeness (QED) is 0.364. The highest BCUT2D eigenvalue weighted by atomic mass is 16.4. The fourth-order valence-corrected chi connectivity index (χ4v) is 1.76. The van der Waals surface area contributed by atoms with Gasteiger partial charge in [-0.3, -0.25) is 9.59 Å². The summed E-state index contributed by atoms with van der Waals surface area (Å²) < 4.78 is 0. The third-order valence-electron chi connectivity index (χ3n) is 3.25. The smallest absolute Gasteiger partial charge is 0.303 e. The van der Waals surface area contributed by atoms with Crippen molar-refractivity contribution in [2.75, 3.05) is 6.61 Å². The third-order valence-corrected chi connectivity index (χ3v) is 3.25. The number of hydrogen-bond donors (Lipinski definition) is 4. The largest absolute Gasteiger partial charge is 0.481 e. The lowest BCUT2D eigenvalue weighted by Crippen LogP contribution is -2.03. The van der Waals surface area contributed by atoms with Crippen molar-refractivity contribution < 1.29 is 30.0 Å². The molecule has 0 aromatic carbocycles. The summed E-state index contributed by atoms with van der Waals surface area (Å²) in [6, 6.07) is 0. The van der Waals surface area contributed by atoms with E-state index >= 15 is 0 Å². The highest BCUT2D eigenvalue weighted by molar-refractivity contribution is 5.66. The van der Waals surface area contributed by atoms with Crippen LogP contribution in [-0.4, -0.2) is 45.1 Å². The van der Waals surface area contributed by atoms with Gasteiger partial charge in [0.05, 0.1) is 12.7 Å². The van der Waals surface area contributed by atoms with E-state index in [2.05, 4.69) is 13.8 Å². The number of aliphatic carboxylic acids is 2. The minimum Gasteiger partial charge on any atom is -0.481 e. The molecule has 0 fully saturated rings. The first kappa shape index (κ1) is 28.7. The molecule has 1 atom stereocenters. The Hall–Kier alpha value is -1.14. The van der Waals surface area contributed by atoms with Crippen molar-refractivity contribution in [2.24, 2.45) is 0 Å². The van der Waals surface area contributed by atoms with Gasteiger partial charge in [0.1, 0.15) is 0 Å². The van der Waals surface area contributed by atoms with E-state index < -0.39 is 18.0 Å². The summed E-state index contributed by atoms with van der Waals surface area (Å²) in [4.78, 5) is 20.1. The number of unbranched alkanes of at least 4 members (excludes halogenated alkanes) is 8. The van der Waals surface area contributed by atoms with Gasteiger partial charge in [-0.2, -0.15) is 0 Å². The molecule has 0 bridgehead atoms. The maximum absolute atomic E-state index is 10.0. The van der Waals surface area contributed by atoms with E-state index in [0.717, 1.165) is 25.7 Å². The van der Waals surface area contributed by atoms with Gasteiger partial charge in [-0.1, -0.05) is 65.2 Å². The summed E-state index contributed by atoms with van der Waals surface area (Å²) in [6.45, 7) is 5.69.